The SMILES string of the molecule is CCCCCCCC(C)(O)O.O=C(O)CCCCC(=O)O. The van der Waals surface area contributed by atoms with E-state index in [1.165, 1.54) is 26.2 Å². The highest BCUT2D eigenvalue weighted by Crippen LogP contribution is 2.12. The topological polar surface area (TPSA) is 115 Å². The van der Waals surface area contributed by atoms with Crippen molar-refractivity contribution in [2.24, 2.45) is 0 Å². The summed E-state index contributed by atoms with van der Waals surface area (Å²) in [5, 5.41) is 34.1. The minimum Gasteiger partial charge on any atom is -0.481 e. The maximum Gasteiger partial charge on any atom is 0.303 e. The quantitative estimate of drug-likeness (QED) is 0.344. The molecule has 0 bridgehead atoms. The fourth-order valence-corrected chi connectivity index (χ4v) is 1.62. The Bertz CT molecular complexity index is 254. The largest absolute Gasteiger partial charge is 0.481 e. The van der Waals surface area contributed by atoms with Crippen molar-refractivity contribution in [3.63, 3.8) is 0 Å². The Hall–Kier alpha value is -1.14. The number of hydrogen-bond donors (Lipinski definition) is 4. The summed E-state index contributed by atoms with van der Waals surface area (Å²) in [6.45, 7) is 3.61. The molecule has 0 unspecified atom stereocenters. The van der Waals surface area contributed by atoms with Crippen molar-refractivity contribution in [2.75, 3.05) is 0 Å². The van der Waals surface area contributed by atoms with E-state index < -0.39 is 17.7 Å². The molecule has 0 aliphatic heterocycles. The van der Waals surface area contributed by atoms with E-state index in [4.69, 9.17) is 20.4 Å². The smallest absolute Gasteiger partial charge is 0.303 e. The second kappa shape index (κ2) is 13.8. The maximum atomic E-state index is 9.90. The third-order valence-corrected chi connectivity index (χ3v) is 2.79. The van der Waals surface area contributed by atoms with Gasteiger partial charge in [-0.2, -0.15) is 0 Å². The average molecular weight is 306 g/mol. The zero-order chi connectivity index (χ0) is 16.7. The number of carboxylic acids is 2. The molecule has 0 aromatic heterocycles. The molecular weight excluding hydrogens is 276 g/mol. The van der Waals surface area contributed by atoms with Crippen molar-refractivity contribution in [3.05, 3.63) is 0 Å². The van der Waals surface area contributed by atoms with Gasteiger partial charge in [-0.25, -0.2) is 0 Å². The molecule has 4 N–H and O–H groups in total. The van der Waals surface area contributed by atoms with Gasteiger partial charge in [0.05, 0.1) is 0 Å². The molecule has 0 aromatic rings. The van der Waals surface area contributed by atoms with Gasteiger partial charge in [0.2, 0.25) is 0 Å². The molecule has 0 aromatic carbocycles. The fourth-order valence-electron chi connectivity index (χ4n) is 1.62. The van der Waals surface area contributed by atoms with Crippen LogP contribution in [0.2, 0.25) is 0 Å². The van der Waals surface area contributed by atoms with Crippen LogP contribution in [0.25, 0.3) is 0 Å². The maximum absolute atomic E-state index is 9.90. The monoisotopic (exact) mass is 306 g/mol. The van der Waals surface area contributed by atoms with Gasteiger partial charge in [0.1, 0.15) is 0 Å². The van der Waals surface area contributed by atoms with Crippen molar-refractivity contribution in [3.8, 4) is 0 Å². The highest BCUT2D eigenvalue weighted by atomic mass is 16.5. The van der Waals surface area contributed by atoms with Gasteiger partial charge in [0.15, 0.2) is 5.79 Å². The van der Waals surface area contributed by atoms with Crippen LogP contribution in [0, 0.1) is 0 Å². The lowest BCUT2D eigenvalue weighted by Crippen LogP contribution is -2.22. The first-order chi connectivity index (χ1) is 9.69. The number of aliphatic carboxylic acids is 2. The van der Waals surface area contributed by atoms with E-state index in [9.17, 15) is 9.59 Å². The number of carbonyl (C=O) groups is 2. The lowest BCUT2D eigenvalue weighted by atomic mass is 10.1. The number of unbranched alkanes of at least 4 members (excludes halogenated alkanes) is 5. The Morgan fingerprint density at radius 2 is 1.24 bits per heavy atom. The Kier molecular flexibility index (Phi) is 14.6. The number of aliphatic hydroxyl groups is 2. The van der Waals surface area contributed by atoms with E-state index in [0.717, 1.165) is 12.8 Å². The average Bonchev–Trinajstić information content (AvgIpc) is 2.33. The van der Waals surface area contributed by atoms with Crippen molar-refractivity contribution in [1.82, 2.24) is 0 Å². The summed E-state index contributed by atoms with van der Waals surface area (Å²) >= 11 is 0. The molecule has 126 valence electrons. The number of carboxylic acid groups (broad SMARTS) is 2. The van der Waals surface area contributed by atoms with Crippen LogP contribution < -0.4 is 0 Å². The fraction of sp³-hybridized carbons (Fsp3) is 0.867. The van der Waals surface area contributed by atoms with E-state index in [0.29, 0.717) is 19.3 Å². The highest BCUT2D eigenvalue weighted by Gasteiger charge is 2.12. The summed E-state index contributed by atoms with van der Waals surface area (Å²) in [4.78, 5) is 19.8. The molecule has 0 aliphatic carbocycles. The second-order valence-corrected chi connectivity index (χ2v) is 5.38. The van der Waals surface area contributed by atoms with Crippen LogP contribution in [0.4, 0.5) is 0 Å². The minimum absolute atomic E-state index is 0.0628. The molecule has 0 radical (unpaired) electrons. The van der Waals surface area contributed by atoms with Gasteiger partial charge in [-0.1, -0.05) is 32.6 Å². The summed E-state index contributed by atoms with van der Waals surface area (Å²) in [6, 6.07) is 0. The Morgan fingerprint density at radius 1 is 0.810 bits per heavy atom. The van der Waals surface area contributed by atoms with Crippen LogP contribution >= 0.6 is 0 Å². The van der Waals surface area contributed by atoms with Crippen molar-refractivity contribution in [2.45, 2.75) is 83.8 Å². The zero-order valence-corrected chi connectivity index (χ0v) is 13.2. The zero-order valence-electron chi connectivity index (χ0n) is 13.2. The third-order valence-electron chi connectivity index (χ3n) is 2.79. The summed E-state index contributed by atoms with van der Waals surface area (Å²) in [5.41, 5.74) is 0. The second-order valence-electron chi connectivity index (χ2n) is 5.38. The normalized spacial score (nSPS) is 10.7. The van der Waals surface area contributed by atoms with Gasteiger partial charge in [-0.3, -0.25) is 9.59 Å². The van der Waals surface area contributed by atoms with Crippen molar-refractivity contribution in [1.29, 1.82) is 0 Å². The van der Waals surface area contributed by atoms with Gasteiger partial charge in [0, 0.05) is 19.3 Å². The van der Waals surface area contributed by atoms with Crippen LogP contribution in [0.5, 0.6) is 0 Å². The lowest BCUT2D eigenvalue weighted by Gasteiger charge is -2.14. The Morgan fingerprint density at radius 3 is 1.57 bits per heavy atom. The molecule has 0 saturated carbocycles. The summed E-state index contributed by atoms with van der Waals surface area (Å²) in [6.07, 6.45) is 7.25. The molecule has 0 fully saturated rings. The standard InChI is InChI=1S/C9H20O2.C6H10O4/c1-3-4-5-6-7-8-9(2,10)11;7-5(8)3-1-2-4-6(9)10/h10-11H,3-8H2,1-2H3;1-4H2,(H,7,8)(H,9,10). The van der Waals surface area contributed by atoms with E-state index in [1.54, 1.807) is 0 Å². The van der Waals surface area contributed by atoms with Gasteiger partial charge < -0.3 is 20.4 Å². The van der Waals surface area contributed by atoms with E-state index in [-0.39, 0.29) is 12.8 Å². The van der Waals surface area contributed by atoms with Crippen LogP contribution in [-0.4, -0.2) is 38.2 Å². The molecule has 0 rings (SSSR count). The van der Waals surface area contributed by atoms with Gasteiger partial charge >= 0.3 is 11.9 Å². The molecule has 0 spiro atoms. The molecule has 21 heavy (non-hydrogen) atoms. The molecule has 0 heterocycles. The Labute approximate surface area is 126 Å². The summed E-state index contributed by atoms with van der Waals surface area (Å²) < 4.78 is 0. The first-order valence-corrected chi connectivity index (χ1v) is 7.57. The van der Waals surface area contributed by atoms with Gasteiger partial charge in [-0.05, 0) is 26.2 Å². The molecule has 0 atom stereocenters. The predicted octanol–water partition coefficient (Wildman–Crippen LogP) is 2.76. The molecule has 6 nitrogen and oxygen atoms in total. The van der Waals surface area contributed by atoms with Gasteiger partial charge in [0.25, 0.3) is 0 Å². The molecular formula is C15H30O6. The summed E-state index contributed by atoms with van der Waals surface area (Å²) in [7, 11) is 0. The minimum atomic E-state index is -1.45. The molecule has 0 amide bonds. The molecule has 0 saturated heterocycles. The van der Waals surface area contributed by atoms with Crippen molar-refractivity contribution >= 4 is 11.9 Å². The van der Waals surface area contributed by atoms with E-state index >= 15 is 0 Å². The van der Waals surface area contributed by atoms with E-state index in [1.807, 2.05) is 0 Å². The molecule has 6 heteroatoms. The number of rotatable bonds is 11. The predicted molar refractivity (Wildman–Crippen MR) is 80.0 cm³/mol. The van der Waals surface area contributed by atoms with Crippen molar-refractivity contribution < 1.29 is 30.0 Å². The summed E-state index contributed by atoms with van der Waals surface area (Å²) in [5.74, 6) is -3.19. The number of hydrogen-bond acceptors (Lipinski definition) is 4. The first-order valence-electron chi connectivity index (χ1n) is 7.57. The highest BCUT2D eigenvalue weighted by molar-refractivity contribution is 5.67. The van der Waals surface area contributed by atoms with Crippen LogP contribution in [0.1, 0.15) is 78.1 Å². The van der Waals surface area contributed by atoms with Crippen LogP contribution in [-0.2, 0) is 9.59 Å². The molecule has 0 aliphatic rings. The third kappa shape index (κ3) is 27.9. The lowest BCUT2D eigenvalue weighted by molar-refractivity contribution is -0.150. The van der Waals surface area contributed by atoms with Crippen LogP contribution in [0.3, 0.4) is 0 Å². The van der Waals surface area contributed by atoms with E-state index in [2.05, 4.69) is 6.92 Å². The Balaban J connectivity index is 0. The first kappa shape index (κ1) is 22.1. The van der Waals surface area contributed by atoms with Gasteiger partial charge in [-0.15, -0.1) is 0 Å². The van der Waals surface area contributed by atoms with Crippen LogP contribution in [0.15, 0.2) is 0 Å².